The van der Waals surface area contributed by atoms with E-state index in [9.17, 15) is 9.59 Å². The Morgan fingerprint density at radius 3 is 2.40 bits per heavy atom. The molecule has 56 valence electrons. The number of carboxylic acids is 1. The molecule has 1 atom stereocenters. The standard InChI is InChI=1S/C5H6O5/c1-2-3(6)10-5(9)4(7)8/h2,5,9H,1H2,(H,7,8). The Morgan fingerprint density at radius 1 is 1.60 bits per heavy atom. The van der Waals surface area contributed by atoms with Crippen LogP contribution in [-0.2, 0) is 14.3 Å². The van der Waals surface area contributed by atoms with Crippen LogP contribution in [0.1, 0.15) is 0 Å². The monoisotopic (exact) mass is 146 g/mol. The lowest BCUT2D eigenvalue weighted by molar-refractivity contribution is -0.183. The van der Waals surface area contributed by atoms with Crippen LogP contribution in [0.5, 0.6) is 0 Å². The Bertz CT molecular complexity index is 161. The number of aliphatic hydroxyl groups excluding tert-OH is 1. The number of hydrogen-bond donors (Lipinski definition) is 2. The number of hydrogen-bond acceptors (Lipinski definition) is 4. The van der Waals surface area contributed by atoms with Crippen molar-refractivity contribution in [3.8, 4) is 0 Å². The summed E-state index contributed by atoms with van der Waals surface area (Å²) in [5.41, 5.74) is 0. The normalized spacial score (nSPS) is 11.7. The van der Waals surface area contributed by atoms with Crippen molar-refractivity contribution in [2.75, 3.05) is 0 Å². The minimum absolute atomic E-state index is 0.756. The third kappa shape index (κ3) is 2.83. The second kappa shape index (κ2) is 3.62. The maximum absolute atomic E-state index is 10.2. The van der Waals surface area contributed by atoms with Gasteiger partial charge in [-0.1, -0.05) is 6.58 Å². The molecule has 0 aromatic rings. The molecule has 0 aromatic heterocycles. The molecule has 0 spiro atoms. The zero-order valence-electron chi connectivity index (χ0n) is 4.98. The fraction of sp³-hybridized carbons (Fsp3) is 0.200. The van der Waals surface area contributed by atoms with Gasteiger partial charge in [-0.05, 0) is 0 Å². The minimum atomic E-state index is -2.11. The van der Waals surface area contributed by atoms with E-state index in [2.05, 4.69) is 11.3 Å². The van der Waals surface area contributed by atoms with E-state index in [1.807, 2.05) is 0 Å². The third-order valence-electron chi connectivity index (χ3n) is 0.606. The topological polar surface area (TPSA) is 83.8 Å². The van der Waals surface area contributed by atoms with Gasteiger partial charge in [-0.15, -0.1) is 0 Å². The number of carbonyl (C=O) groups is 2. The summed E-state index contributed by atoms with van der Waals surface area (Å²) in [5, 5.41) is 16.3. The van der Waals surface area contributed by atoms with E-state index in [1.165, 1.54) is 0 Å². The first-order chi connectivity index (χ1) is 4.57. The first kappa shape index (κ1) is 8.64. The van der Waals surface area contributed by atoms with Crippen molar-refractivity contribution in [2.45, 2.75) is 6.29 Å². The highest BCUT2D eigenvalue weighted by molar-refractivity contribution is 5.83. The molecule has 0 saturated carbocycles. The van der Waals surface area contributed by atoms with Gasteiger partial charge < -0.3 is 14.9 Å². The van der Waals surface area contributed by atoms with Crippen LogP contribution in [0.25, 0.3) is 0 Å². The Morgan fingerprint density at radius 2 is 2.10 bits per heavy atom. The highest BCUT2D eigenvalue weighted by Gasteiger charge is 2.15. The second-order valence-corrected chi connectivity index (χ2v) is 1.33. The highest BCUT2D eigenvalue weighted by Crippen LogP contribution is 1.87. The van der Waals surface area contributed by atoms with Crippen LogP contribution in [0, 0.1) is 0 Å². The van der Waals surface area contributed by atoms with Gasteiger partial charge in [0.1, 0.15) is 0 Å². The summed E-state index contributed by atoms with van der Waals surface area (Å²) in [7, 11) is 0. The maximum Gasteiger partial charge on any atom is 0.373 e. The van der Waals surface area contributed by atoms with Gasteiger partial charge in [0, 0.05) is 6.08 Å². The van der Waals surface area contributed by atoms with Gasteiger partial charge in [0.2, 0.25) is 0 Å². The highest BCUT2D eigenvalue weighted by atomic mass is 16.7. The molecule has 0 saturated heterocycles. The van der Waals surface area contributed by atoms with Gasteiger partial charge in [-0.3, -0.25) is 0 Å². The molecule has 0 rings (SSSR count). The van der Waals surface area contributed by atoms with Crippen LogP contribution < -0.4 is 0 Å². The molecular weight excluding hydrogens is 140 g/mol. The zero-order chi connectivity index (χ0) is 8.15. The number of ether oxygens (including phenoxy) is 1. The molecule has 0 aromatic carbocycles. The summed E-state index contributed by atoms with van der Waals surface area (Å²) in [4.78, 5) is 20.0. The van der Waals surface area contributed by atoms with Gasteiger partial charge in [-0.25, -0.2) is 9.59 Å². The molecule has 0 heterocycles. The molecule has 10 heavy (non-hydrogen) atoms. The number of aliphatic carboxylic acids is 1. The van der Waals surface area contributed by atoms with Crippen LogP contribution in [0.3, 0.4) is 0 Å². The Labute approximate surface area is 56.5 Å². The molecule has 0 amide bonds. The summed E-state index contributed by atoms with van der Waals surface area (Å²) in [5.74, 6) is -2.59. The SMILES string of the molecule is C=CC(=O)OC(O)C(=O)O. The lowest BCUT2D eigenvalue weighted by Crippen LogP contribution is -2.25. The molecule has 0 radical (unpaired) electrons. The number of carbonyl (C=O) groups excluding carboxylic acids is 1. The third-order valence-corrected chi connectivity index (χ3v) is 0.606. The molecule has 0 aliphatic heterocycles. The lowest BCUT2D eigenvalue weighted by atomic mass is 10.6. The van der Waals surface area contributed by atoms with Crippen molar-refractivity contribution in [1.29, 1.82) is 0 Å². The predicted octanol–water partition coefficient (Wildman–Crippen LogP) is -0.881. The molecule has 0 fully saturated rings. The quantitative estimate of drug-likeness (QED) is 0.307. The fourth-order valence-electron chi connectivity index (χ4n) is 0.209. The molecular formula is C5H6O5. The molecule has 0 bridgehead atoms. The Kier molecular flexibility index (Phi) is 3.13. The van der Waals surface area contributed by atoms with Crippen molar-refractivity contribution in [3.63, 3.8) is 0 Å². The summed E-state index contributed by atoms with van der Waals surface area (Å²) in [6.07, 6.45) is -1.35. The molecule has 2 N–H and O–H groups in total. The Hall–Kier alpha value is -1.36. The summed E-state index contributed by atoms with van der Waals surface area (Å²) in [6.45, 7) is 2.99. The number of carboxylic acid groups (broad SMARTS) is 1. The van der Waals surface area contributed by atoms with E-state index in [4.69, 9.17) is 10.2 Å². The van der Waals surface area contributed by atoms with E-state index >= 15 is 0 Å². The van der Waals surface area contributed by atoms with Gasteiger partial charge in [0.05, 0.1) is 0 Å². The fourth-order valence-corrected chi connectivity index (χ4v) is 0.209. The zero-order valence-corrected chi connectivity index (χ0v) is 4.98. The van der Waals surface area contributed by atoms with Crippen molar-refractivity contribution < 1.29 is 24.5 Å². The number of esters is 1. The number of rotatable bonds is 3. The largest absolute Gasteiger partial charge is 0.477 e. The van der Waals surface area contributed by atoms with Crippen LogP contribution in [0.2, 0.25) is 0 Å². The van der Waals surface area contributed by atoms with Gasteiger partial charge in [0.25, 0.3) is 6.29 Å². The van der Waals surface area contributed by atoms with Crippen molar-refractivity contribution in [3.05, 3.63) is 12.7 Å². The van der Waals surface area contributed by atoms with Crippen molar-refractivity contribution in [2.24, 2.45) is 0 Å². The van der Waals surface area contributed by atoms with E-state index in [-0.39, 0.29) is 0 Å². The maximum atomic E-state index is 10.2. The average molecular weight is 146 g/mol. The van der Waals surface area contributed by atoms with E-state index in [1.54, 1.807) is 0 Å². The molecule has 0 aliphatic rings. The van der Waals surface area contributed by atoms with Crippen LogP contribution in [-0.4, -0.2) is 28.4 Å². The van der Waals surface area contributed by atoms with E-state index in [0.29, 0.717) is 0 Å². The van der Waals surface area contributed by atoms with Gasteiger partial charge in [-0.2, -0.15) is 0 Å². The van der Waals surface area contributed by atoms with Crippen LogP contribution in [0.15, 0.2) is 12.7 Å². The Balaban J connectivity index is 3.79. The number of aliphatic hydroxyl groups is 1. The average Bonchev–Trinajstić information content (AvgIpc) is 1.87. The van der Waals surface area contributed by atoms with E-state index in [0.717, 1.165) is 6.08 Å². The molecule has 0 aliphatic carbocycles. The van der Waals surface area contributed by atoms with Crippen LogP contribution in [0.4, 0.5) is 0 Å². The summed E-state index contributed by atoms with van der Waals surface area (Å²) < 4.78 is 3.86. The molecule has 5 nitrogen and oxygen atoms in total. The van der Waals surface area contributed by atoms with Gasteiger partial charge in [0.15, 0.2) is 0 Å². The minimum Gasteiger partial charge on any atom is -0.477 e. The second-order valence-electron chi connectivity index (χ2n) is 1.33. The first-order valence-electron chi connectivity index (χ1n) is 2.32. The van der Waals surface area contributed by atoms with Crippen LogP contribution >= 0.6 is 0 Å². The van der Waals surface area contributed by atoms with E-state index < -0.39 is 18.2 Å². The predicted molar refractivity (Wildman–Crippen MR) is 29.9 cm³/mol. The summed E-state index contributed by atoms with van der Waals surface area (Å²) >= 11 is 0. The summed E-state index contributed by atoms with van der Waals surface area (Å²) in [6, 6.07) is 0. The van der Waals surface area contributed by atoms with Crippen molar-refractivity contribution >= 4 is 11.9 Å². The lowest BCUT2D eigenvalue weighted by Gasteiger charge is -2.03. The first-order valence-corrected chi connectivity index (χ1v) is 2.32. The molecule has 1 unspecified atom stereocenters. The smallest absolute Gasteiger partial charge is 0.373 e. The van der Waals surface area contributed by atoms with Gasteiger partial charge >= 0.3 is 11.9 Å². The van der Waals surface area contributed by atoms with Crippen molar-refractivity contribution in [1.82, 2.24) is 0 Å². The molecule has 5 heteroatoms.